The Labute approximate surface area is 87.3 Å². The van der Waals surface area contributed by atoms with Gasteiger partial charge >= 0.3 is 0 Å². The number of hydrogen-bond donors (Lipinski definition) is 0. The molecule has 2 aromatic rings. The highest BCUT2D eigenvalue weighted by Gasteiger charge is 2.05. The van der Waals surface area contributed by atoms with Gasteiger partial charge in [0.15, 0.2) is 6.33 Å². The lowest BCUT2D eigenvalue weighted by Crippen LogP contribution is -1.94. The predicted molar refractivity (Wildman–Crippen MR) is 50.7 cm³/mol. The van der Waals surface area contributed by atoms with Crippen LogP contribution in [0.3, 0.4) is 0 Å². The minimum Gasteiger partial charge on any atom is -0.206 e. The Kier molecular flexibility index (Phi) is 2.45. The molecular weight excluding hydrogens is 251 g/mol. The summed E-state index contributed by atoms with van der Waals surface area (Å²) in [7, 11) is 0. The zero-order valence-electron chi connectivity index (χ0n) is 6.85. The highest BCUT2D eigenvalue weighted by molar-refractivity contribution is 9.10. The molecule has 1 aromatic carbocycles. The molecule has 2 rings (SSSR count). The van der Waals surface area contributed by atoms with Crippen molar-refractivity contribution in [2.75, 3.05) is 0 Å². The molecule has 0 aliphatic rings. The van der Waals surface area contributed by atoms with E-state index in [4.69, 9.17) is 0 Å². The van der Waals surface area contributed by atoms with E-state index < -0.39 is 0 Å². The van der Waals surface area contributed by atoms with Crippen LogP contribution in [0.25, 0.3) is 11.4 Å². The summed E-state index contributed by atoms with van der Waals surface area (Å²) < 4.78 is 13.5. The van der Waals surface area contributed by atoms with Gasteiger partial charge in [0.1, 0.15) is 5.82 Å². The van der Waals surface area contributed by atoms with E-state index in [9.17, 15) is 4.39 Å². The van der Waals surface area contributed by atoms with E-state index in [1.807, 2.05) is 0 Å². The average molecular weight is 255 g/mol. The van der Waals surface area contributed by atoms with Crippen molar-refractivity contribution in [2.45, 2.75) is 0 Å². The maximum absolute atomic E-state index is 13.1. The molecule has 0 N–H and O–H groups in total. The van der Waals surface area contributed by atoms with Crippen LogP contribution in [0.15, 0.2) is 29.0 Å². The molecule has 0 bridgehead atoms. The fourth-order valence-electron chi connectivity index (χ4n) is 0.955. The molecule has 0 unspecified atom stereocenters. The number of halogens is 2. The van der Waals surface area contributed by atoms with Crippen molar-refractivity contribution >= 4 is 15.9 Å². The van der Waals surface area contributed by atoms with Gasteiger partial charge in [-0.05, 0) is 34.1 Å². The number of nitrogens with zero attached hydrogens (tertiary/aromatic N) is 4. The third-order valence-corrected chi connectivity index (χ3v) is 2.23. The Morgan fingerprint density at radius 1 is 1.14 bits per heavy atom. The molecule has 14 heavy (non-hydrogen) atoms. The molecule has 6 heteroatoms. The molecular formula is C8H4BrFN4. The van der Waals surface area contributed by atoms with Crippen LogP contribution >= 0.6 is 15.9 Å². The molecule has 0 radical (unpaired) electrons. The zero-order chi connectivity index (χ0) is 9.97. The summed E-state index contributed by atoms with van der Waals surface area (Å²) in [5.74, 6) is -0.0612. The molecule has 0 saturated carbocycles. The normalized spacial score (nSPS) is 10.1. The summed E-state index contributed by atoms with van der Waals surface area (Å²) in [6.45, 7) is 0. The third-order valence-electron chi connectivity index (χ3n) is 1.59. The summed E-state index contributed by atoms with van der Waals surface area (Å²) >= 11 is 3.05. The largest absolute Gasteiger partial charge is 0.206 e. The highest BCUT2D eigenvalue weighted by atomic mass is 79.9. The fraction of sp³-hybridized carbons (Fsp3) is 0. The van der Waals surface area contributed by atoms with Gasteiger partial charge in [-0.1, -0.05) is 0 Å². The molecule has 0 aliphatic heterocycles. The van der Waals surface area contributed by atoms with Gasteiger partial charge in [0.25, 0.3) is 0 Å². The van der Waals surface area contributed by atoms with E-state index in [0.717, 1.165) is 0 Å². The number of aromatic nitrogens is 4. The Hall–Kier alpha value is -1.43. The molecule has 0 fully saturated rings. The molecule has 0 atom stereocenters. The van der Waals surface area contributed by atoms with Crippen LogP contribution in [0, 0.1) is 5.82 Å². The predicted octanol–water partition coefficient (Wildman–Crippen LogP) is 1.84. The number of benzene rings is 1. The van der Waals surface area contributed by atoms with Crippen LogP contribution in [0.2, 0.25) is 0 Å². The Morgan fingerprint density at radius 2 is 1.86 bits per heavy atom. The smallest absolute Gasteiger partial charge is 0.203 e. The summed E-state index contributed by atoms with van der Waals surface area (Å²) in [6.07, 6.45) is 1.22. The summed E-state index contributed by atoms with van der Waals surface area (Å²) in [5, 5.41) is 14.5. The van der Waals surface area contributed by atoms with Crippen molar-refractivity contribution < 1.29 is 4.39 Å². The first-order valence-corrected chi connectivity index (χ1v) is 4.52. The summed E-state index contributed by atoms with van der Waals surface area (Å²) in [6, 6.07) is 4.59. The van der Waals surface area contributed by atoms with E-state index in [1.165, 1.54) is 12.4 Å². The van der Waals surface area contributed by atoms with E-state index in [-0.39, 0.29) is 5.82 Å². The third kappa shape index (κ3) is 1.74. The first-order chi connectivity index (χ1) is 6.77. The lowest BCUT2D eigenvalue weighted by atomic mass is 10.2. The van der Waals surface area contributed by atoms with Gasteiger partial charge in [0, 0.05) is 5.56 Å². The van der Waals surface area contributed by atoms with Crippen LogP contribution in [0.1, 0.15) is 0 Å². The second-order valence-corrected chi connectivity index (χ2v) is 3.35. The van der Waals surface area contributed by atoms with Gasteiger partial charge in [-0.15, -0.1) is 20.4 Å². The van der Waals surface area contributed by atoms with Crippen molar-refractivity contribution in [1.29, 1.82) is 0 Å². The number of hydrogen-bond acceptors (Lipinski definition) is 4. The van der Waals surface area contributed by atoms with Crippen LogP contribution < -0.4 is 0 Å². The Balaban J connectivity index is 2.48. The average Bonchev–Trinajstić information content (AvgIpc) is 2.23. The standard InChI is InChI=1S/C8H4BrFN4/c9-6-2-1-5(3-7(6)10)8-13-11-4-12-14-8/h1-4H. The molecule has 0 spiro atoms. The van der Waals surface area contributed by atoms with Gasteiger partial charge in [0.05, 0.1) is 4.47 Å². The quantitative estimate of drug-likeness (QED) is 0.780. The van der Waals surface area contributed by atoms with Gasteiger partial charge in [-0.3, -0.25) is 0 Å². The highest BCUT2D eigenvalue weighted by Crippen LogP contribution is 2.20. The topological polar surface area (TPSA) is 51.6 Å². The second kappa shape index (κ2) is 3.75. The monoisotopic (exact) mass is 254 g/mol. The van der Waals surface area contributed by atoms with Gasteiger partial charge in [-0.25, -0.2) is 4.39 Å². The van der Waals surface area contributed by atoms with E-state index >= 15 is 0 Å². The minimum atomic E-state index is -0.366. The summed E-state index contributed by atoms with van der Waals surface area (Å²) in [4.78, 5) is 0. The van der Waals surface area contributed by atoms with Crippen molar-refractivity contribution in [2.24, 2.45) is 0 Å². The van der Waals surface area contributed by atoms with Crippen LogP contribution in [0.5, 0.6) is 0 Å². The molecule has 0 amide bonds. The van der Waals surface area contributed by atoms with Crippen molar-refractivity contribution in [3.63, 3.8) is 0 Å². The van der Waals surface area contributed by atoms with Crippen LogP contribution in [0.4, 0.5) is 4.39 Å². The first-order valence-electron chi connectivity index (χ1n) is 3.73. The SMILES string of the molecule is Fc1cc(-c2nncnn2)ccc1Br. The second-order valence-electron chi connectivity index (χ2n) is 2.50. The lowest BCUT2D eigenvalue weighted by Gasteiger charge is -1.98. The van der Waals surface area contributed by atoms with Gasteiger partial charge in [-0.2, -0.15) is 0 Å². The molecule has 1 aromatic heterocycles. The minimum absolute atomic E-state index is 0.305. The molecule has 4 nitrogen and oxygen atoms in total. The molecule has 0 aliphatic carbocycles. The van der Waals surface area contributed by atoms with Crippen LogP contribution in [-0.2, 0) is 0 Å². The number of rotatable bonds is 1. The van der Waals surface area contributed by atoms with E-state index in [2.05, 4.69) is 36.3 Å². The molecule has 70 valence electrons. The van der Waals surface area contributed by atoms with Crippen molar-refractivity contribution in [1.82, 2.24) is 20.4 Å². The molecule has 0 saturated heterocycles. The van der Waals surface area contributed by atoms with Crippen molar-refractivity contribution in [3.05, 3.63) is 34.8 Å². The van der Waals surface area contributed by atoms with Crippen molar-refractivity contribution in [3.8, 4) is 11.4 Å². The first kappa shape index (κ1) is 9.14. The fourth-order valence-corrected chi connectivity index (χ4v) is 1.20. The molecule has 1 heterocycles. The van der Waals surface area contributed by atoms with Gasteiger partial charge in [0.2, 0.25) is 5.82 Å². The van der Waals surface area contributed by atoms with E-state index in [0.29, 0.717) is 15.9 Å². The lowest BCUT2D eigenvalue weighted by molar-refractivity contribution is 0.621. The summed E-state index contributed by atoms with van der Waals surface area (Å²) in [5.41, 5.74) is 0.548. The van der Waals surface area contributed by atoms with Crippen LogP contribution in [-0.4, -0.2) is 20.4 Å². The Morgan fingerprint density at radius 3 is 2.50 bits per heavy atom. The maximum Gasteiger partial charge on any atom is 0.203 e. The van der Waals surface area contributed by atoms with E-state index in [1.54, 1.807) is 12.1 Å². The zero-order valence-corrected chi connectivity index (χ0v) is 8.44. The Bertz CT molecular complexity index is 448. The maximum atomic E-state index is 13.1. The van der Waals surface area contributed by atoms with Gasteiger partial charge < -0.3 is 0 Å².